The minimum atomic E-state index is -0.276. The van der Waals surface area contributed by atoms with E-state index in [4.69, 9.17) is 0 Å². The molecule has 0 spiro atoms. The van der Waals surface area contributed by atoms with Crippen molar-refractivity contribution < 1.29 is 4.79 Å². The maximum Gasteiger partial charge on any atom is 0.295 e. The number of benzene rings is 1. The van der Waals surface area contributed by atoms with E-state index >= 15 is 0 Å². The Labute approximate surface area is 141 Å². The van der Waals surface area contributed by atoms with Gasteiger partial charge >= 0.3 is 0 Å². The molecule has 1 amide bonds. The van der Waals surface area contributed by atoms with Crippen LogP contribution in [-0.4, -0.2) is 36.2 Å². The molecule has 8 nitrogen and oxygen atoms in total. The number of aromatic amines is 1. The van der Waals surface area contributed by atoms with Gasteiger partial charge in [0, 0.05) is 7.05 Å². The van der Waals surface area contributed by atoms with Crippen LogP contribution in [0.4, 0.5) is 5.69 Å². The Kier molecular flexibility index (Phi) is 4.52. The Hall–Kier alpha value is -2.81. The largest absolute Gasteiger partial charge is 0.319 e. The number of anilines is 1. The molecule has 0 aliphatic carbocycles. The second kappa shape index (κ2) is 6.75. The summed E-state index contributed by atoms with van der Waals surface area (Å²) in [6.07, 6.45) is 1.38. The first-order valence-electron chi connectivity index (χ1n) is 7.20. The Morgan fingerprint density at radius 2 is 2.08 bits per heavy atom. The smallest absolute Gasteiger partial charge is 0.295 e. The topological polar surface area (TPSA) is 97.6 Å². The minimum Gasteiger partial charge on any atom is -0.319 e. The van der Waals surface area contributed by atoms with Gasteiger partial charge in [0.15, 0.2) is 5.16 Å². The van der Waals surface area contributed by atoms with Gasteiger partial charge in [0.1, 0.15) is 12.0 Å². The van der Waals surface area contributed by atoms with Crippen molar-refractivity contribution in [1.29, 1.82) is 0 Å². The zero-order valence-electron chi connectivity index (χ0n) is 13.2. The molecule has 124 valence electrons. The molecule has 0 radical (unpaired) electrons. The second-order valence-electron chi connectivity index (χ2n) is 5.06. The van der Waals surface area contributed by atoms with Crippen molar-refractivity contribution in [2.45, 2.75) is 12.1 Å². The number of rotatable bonds is 5. The molecular weight excluding hydrogens is 328 g/mol. The van der Waals surface area contributed by atoms with Crippen LogP contribution in [0.5, 0.6) is 0 Å². The molecule has 0 saturated carbocycles. The molecule has 0 saturated heterocycles. The second-order valence-corrected chi connectivity index (χ2v) is 6.03. The lowest BCUT2D eigenvalue weighted by atomic mass is 10.3. The molecule has 2 N–H and O–H groups in total. The summed E-state index contributed by atoms with van der Waals surface area (Å²) >= 11 is 1.22. The van der Waals surface area contributed by atoms with Gasteiger partial charge in [0.05, 0.1) is 17.1 Å². The van der Waals surface area contributed by atoms with Crippen LogP contribution in [0, 0.1) is 6.92 Å². The van der Waals surface area contributed by atoms with Crippen molar-refractivity contribution in [2.24, 2.45) is 7.05 Å². The molecule has 2 heterocycles. The van der Waals surface area contributed by atoms with Gasteiger partial charge in [-0.2, -0.15) is 5.10 Å². The summed E-state index contributed by atoms with van der Waals surface area (Å²) in [5.74, 6) is -0.142. The average Bonchev–Trinajstić information content (AvgIpc) is 3.17. The molecule has 0 atom stereocenters. The summed E-state index contributed by atoms with van der Waals surface area (Å²) in [5.41, 5.74) is 1.44. The number of thioether (sulfide) groups is 1. The summed E-state index contributed by atoms with van der Waals surface area (Å²) in [6.45, 7) is 1.79. The van der Waals surface area contributed by atoms with E-state index in [1.807, 2.05) is 30.3 Å². The maximum atomic E-state index is 12.7. The maximum absolute atomic E-state index is 12.7. The zero-order valence-corrected chi connectivity index (χ0v) is 14.0. The summed E-state index contributed by atoms with van der Waals surface area (Å²) in [7, 11) is 1.78. The highest BCUT2D eigenvalue weighted by Gasteiger charge is 2.18. The minimum absolute atomic E-state index is 0.133. The quantitative estimate of drug-likeness (QED) is 0.681. The number of para-hydroxylation sites is 1. The number of carbonyl (C=O) groups is 1. The predicted octanol–water partition coefficient (Wildman–Crippen LogP) is 1.33. The van der Waals surface area contributed by atoms with Crippen LogP contribution in [0.25, 0.3) is 5.69 Å². The Balaban J connectivity index is 1.81. The molecule has 24 heavy (non-hydrogen) atoms. The average molecular weight is 344 g/mol. The van der Waals surface area contributed by atoms with Gasteiger partial charge in [-0.05, 0) is 19.1 Å². The van der Waals surface area contributed by atoms with Gasteiger partial charge < -0.3 is 5.32 Å². The molecule has 3 rings (SSSR count). The van der Waals surface area contributed by atoms with E-state index in [1.54, 1.807) is 18.7 Å². The first kappa shape index (κ1) is 16.1. The van der Waals surface area contributed by atoms with Crippen LogP contribution in [0.2, 0.25) is 0 Å². The third-order valence-electron chi connectivity index (χ3n) is 3.55. The lowest BCUT2D eigenvalue weighted by molar-refractivity contribution is -0.113. The van der Waals surface area contributed by atoms with Crippen molar-refractivity contribution in [1.82, 2.24) is 24.5 Å². The molecule has 2 aromatic heterocycles. The highest BCUT2D eigenvalue weighted by molar-refractivity contribution is 7.99. The summed E-state index contributed by atoms with van der Waals surface area (Å²) in [6, 6.07) is 9.28. The molecule has 0 bridgehead atoms. The SMILES string of the molecule is Cc1c(NC(=O)CSc2ncn[nH]2)c(=O)n(-c2ccccc2)n1C. The van der Waals surface area contributed by atoms with Crippen molar-refractivity contribution in [3.63, 3.8) is 0 Å². The normalized spacial score (nSPS) is 10.8. The van der Waals surface area contributed by atoms with E-state index in [0.29, 0.717) is 10.9 Å². The number of nitrogens with one attached hydrogen (secondary N) is 2. The number of amides is 1. The van der Waals surface area contributed by atoms with E-state index in [0.717, 1.165) is 5.69 Å². The van der Waals surface area contributed by atoms with Crippen LogP contribution in [0.3, 0.4) is 0 Å². The number of H-pyrrole nitrogens is 1. The van der Waals surface area contributed by atoms with Gasteiger partial charge in [0.25, 0.3) is 5.56 Å². The van der Waals surface area contributed by atoms with Gasteiger partial charge in [-0.25, -0.2) is 9.67 Å². The lowest BCUT2D eigenvalue weighted by Crippen LogP contribution is -2.23. The van der Waals surface area contributed by atoms with Crippen LogP contribution < -0.4 is 10.9 Å². The van der Waals surface area contributed by atoms with Crippen molar-refractivity contribution in [2.75, 3.05) is 11.1 Å². The highest BCUT2D eigenvalue weighted by atomic mass is 32.2. The molecule has 9 heteroatoms. The van der Waals surface area contributed by atoms with E-state index in [2.05, 4.69) is 20.5 Å². The fourth-order valence-electron chi connectivity index (χ4n) is 2.29. The molecular formula is C15H16N6O2S. The number of carbonyl (C=O) groups excluding carboxylic acids is 1. The predicted molar refractivity (Wildman–Crippen MR) is 91.5 cm³/mol. The van der Waals surface area contributed by atoms with Crippen molar-refractivity contribution in [3.05, 3.63) is 52.7 Å². The van der Waals surface area contributed by atoms with Crippen LogP contribution >= 0.6 is 11.8 Å². The van der Waals surface area contributed by atoms with Crippen molar-refractivity contribution >= 4 is 23.4 Å². The molecule has 0 aliphatic rings. The third kappa shape index (κ3) is 3.11. The first-order valence-corrected chi connectivity index (χ1v) is 8.18. The van der Waals surface area contributed by atoms with E-state index in [-0.39, 0.29) is 22.9 Å². The standard InChI is InChI=1S/C15H16N6O2S/c1-10-13(18-12(22)8-24-15-16-9-17-19-15)14(23)21(20(10)2)11-6-4-3-5-7-11/h3-7,9H,8H2,1-2H3,(H,18,22)(H,16,17,19). The van der Waals surface area contributed by atoms with Crippen molar-refractivity contribution in [3.8, 4) is 5.69 Å². The molecule has 1 aromatic carbocycles. The highest BCUT2D eigenvalue weighted by Crippen LogP contribution is 2.15. The summed E-state index contributed by atoms with van der Waals surface area (Å²) < 4.78 is 3.24. The number of aromatic nitrogens is 5. The monoisotopic (exact) mass is 344 g/mol. The lowest BCUT2D eigenvalue weighted by Gasteiger charge is -2.07. The van der Waals surface area contributed by atoms with Crippen LogP contribution in [0.15, 0.2) is 46.6 Å². The van der Waals surface area contributed by atoms with Gasteiger partial charge in [-0.3, -0.25) is 19.4 Å². The summed E-state index contributed by atoms with van der Waals surface area (Å²) in [4.78, 5) is 28.7. The van der Waals surface area contributed by atoms with E-state index < -0.39 is 0 Å². The fourth-order valence-corrected chi connectivity index (χ4v) is 2.86. The molecule has 0 fully saturated rings. The van der Waals surface area contributed by atoms with Crippen LogP contribution in [0.1, 0.15) is 5.69 Å². The molecule has 0 unspecified atom stereocenters. The zero-order chi connectivity index (χ0) is 17.1. The third-order valence-corrected chi connectivity index (χ3v) is 4.43. The summed E-state index contributed by atoms with van der Waals surface area (Å²) in [5, 5.41) is 9.63. The Morgan fingerprint density at radius 1 is 1.33 bits per heavy atom. The van der Waals surface area contributed by atoms with E-state index in [1.165, 1.54) is 22.8 Å². The van der Waals surface area contributed by atoms with Gasteiger partial charge in [0.2, 0.25) is 5.91 Å². The molecule has 3 aromatic rings. The van der Waals surface area contributed by atoms with Gasteiger partial charge in [-0.15, -0.1) is 0 Å². The van der Waals surface area contributed by atoms with Gasteiger partial charge in [-0.1, -0.05) is 30.0 Å². The van der Waals surface area contributed by atoms with E-state index in [9.17, 15) is 9.59 Å². The number of nitrogens with zero attached hydrogens (tertiary/aromatic N) is 4. The number of hydrogen-bond acceptors (Lipinski definition) is 5. The fraction of sp³-hybridized carbons (Fsp3) is 0.200. The molecule has 0 aliphatic heterocycles. The Morgan fingerprint density at radius 3 is 2.75 bits per heavy atom. The van der Waals surface area contributed by atoms with Crippen LogP contribution in [-0.2, 0) is 11.8 Å². The Bertz CT molecular complexity index is 898. The number of hydrogen-bond donors (Lipinski definition) is 2. The first-order chi connectivity index (χ1) is 11.6.